The summed E-state index contributed by atoms with van der Waals surface area (Å²) < 4.78 is 17.5. The number of hydrogen-bond acceptors (Lipinski definition) is 4. The molecule has 23 heavy (non-hydrogen) atoms. The molecular weight excluding hydrogens is 310 g/mol. The van der Waals surface area contributed by atoms with Gasteiger partial charge in [0.15, 0.2) is 0 Å². The largest absolute Gasteiger partial charge is 0.500 e. The van der Waals surface area contributed by atoms with Gasteiger partial charge in [-0.25, -0.2) is 0 Å². The minimum absolute atomic E-state index is 0.191. The van der Waals surface area contributed by atoms with E-state index in [0.717, 1.165) is 18.9 Å². The number of amides is 1. The zero-order chi connectivity index (χ0) is 17.1. The average molecular weight is 346 g/mol. The Kier molecular flexibility index (Phi) is 10.0. The molecule has 1 amide bonds. The number of carbonyl (C=O) groups excluding carboxylic acids is 1. The van der Waals surface area contributed by atoms with E-state index in [9.17, 15) is 4.79 Å². The summed E-state index contributed by atoms with van der Waals surface area (Å²) in [4.78, 5) is 12.3. The highest BCUT2D eigenvalue weighted by atomic mass is 28.4. The molecule has 2 atom stereocenters. The van der Waals surface area contributed by atoms with Gasteiger partial charge in [-0.3, -0.25) is 4.79 Å². The second kappa shape index (κ2) is 11.2. The minimum Gasteiger partial charge on any atom is -0.374 e. The topological polar surface area (TPSA) is 56.8 Å². The van der Waals surface area contributed by atoms with Gasteiger partial charge >= 0.3 is 8.80 Å². The monoisotopic (exact) mass is 345 g/mol. The van der Waals surface area contributed by atoms with E-state index in [1.54, 1.807) is 0 Å². The molecule has 0 spiro atoms. The lowest BCUT2D eigenvalue weighted by Crippen LogP contribution is -2.46. The molecule has 1 aliphatic carbocycles. The van der Waals surface area contributed by atoms with Crippen molar-refractivity contribution in [3.05, 3.63) is 0 Å². The van der Waals surface area contributed by atoms with Crippen LogP contribution in [0.2, 0.25) is 6.04 Å². The second-order valence-electron chi connectivity index (χ2n) is 6.24. The fourth-order valence-electron chi connectivity index (χ4n) is 3.35. The SMILES string of the molecule is CCO[Si](CCCNC(=O)C1CCCCC1C)(OCC)OCC. The summed E-state index contributed by atoms with van der Waals surface area (Å²) in [5, 5.41) is 3.10. The molecule has 0 heterocycles. The summed E-state index contributed by atoms with van der Waals surface area (Å²) >= 11 is 0. The highest BCUT2D eigenvalue weighted by Gasteiger charge is 2.39. The summed E-state index contributed by atoms with van der Waals surface area (Å²) in [7, 11) is -2.57. The Morgan fingerprint density at radius 3 is 2.13 bits per heavy atom. The lowest BCUT2D eigenvalue weighted by Gasteiger charge is -2.29. The number of carbonyl (C=O) groups is 1. The fraction of sp³-hybridized carbons (Fsp3) is 0.941. The van der Waals surface area contributed by atoms with E-state index >= 15 is 0 Å². The molecule has 2 unspecified atom stereocenters. The molecule has 0 radical (unpaired) electrons. The van der Waals surface area contributed by atoms with Gasteiger partial charge < -0.3 is 18.6 Å². The molecule has 1 saturated carbocycles. The van der Waals surface area contributed by atoms with Crippen LogP contribution in [0.5, 0.6) is 0 Å². The van der Waals surface area contributed by atoms with Crippen molar-refractivity contribution in [2.75, 3.05) is 26.4 Å². The minimum atomic E-state index is -2.57. The van der Waals surface area contributed by atoms with Gasteiger partial charge in [-0.1, -0.05) is 19.8 Å². The Morgan fingerprint density at radius 2 is 1.61 bits per heavy atom. The molecule has 0 aromatic carbocycles. The maximum Gasteiger partial charge on any atom is 0.500 e. The van der Waals surface area contributed by atoms with Gasteiger partial charge in [0.25, 0.3) is 0 Å². The molecule has 0 aromatic heterocycles. The summed E-state index contributed by atoms with van der Waals surface area (Å²) in [5.41, 5.74) is 0. The van der Waals surface area contributed by atoms with Crippen LogP contribution in [0.1, 0.15) is 59.8 Å². The van der Waals surface area contributed by atoms with Crippen molar-refractivity contribution >= 4 is 14.7 Å². The Balaban J connectivity index is 2.38. The van der Waals surface area contributed by atoms with Crippen LogP contribution in [0.15, 0.2) is 0 Å². The Bertz CT molecular complexity index is 324. The summed E-state index contributed by atoms with van der Waals surface area (Å²) in [6.45, 7) is 10.5. The molecule has 0 aliphatic heterocycles. The first-order valence-electron chi connectivity index (χ1n) is 9.28. The van der Waals surface area contributed by atoms with Crippen molar-refractivity contribution < 1.29 is 18.1 Å². The molecule has 1 N–H and O–H groups in total. The van der Waals surface area contributed by atoms with Crippen LogP contribution in [0.25, 0.3) is 0 Å². The molecule has 1 fully saturated rings. The highest BCUT2D eigenvalue weighted by Crippen LogP contribution is 2.29. The second-order valence-corrected chi connectivity index (χ2v) is 8.98. The molecule has 0 bridgehead atoms. The van der Waals surface area contributed by atoms with Crippen molar-refractivity contribution in [1.82, 2.24) is 5.32 Å². The van der Waals surface area contributed by atoms with Crippen LogP contribution in [-0.2, 0) is 18.1 Å². The highest BCUT2D eigenvalue weighted by molar-refractivity contribution is 6.60. The third-order valence-corrected chi connectivity index (χ3v) is 7.65. The molecule has 1 rings (SSSR count). The zero-order valence-electron chi connectivity index (χ0n) is 15.4. The molecule has 136 valence electrons. The smallest absolute Gasteiger partial charge is 0.374 e. The fourth-order valence-corrected chi connectivity index (χ4v) is 5.97. The zero-order valence-corrected chi connectivity index (χ0v) is 16.4. The first kappa shape index (κ1) is 20.6. The van der Waals surface area contributed by atoms with E-state index in [1.165, 1.54) is 19.3 Å². The molecule has 5 nitrogen and oxygen atoms in total. The van der Waals surface area contributed by atoms with E-state index in [4.69, 9.17) is 13.3 Å². The molecule has 0 aromatic rings. The Morgan fingerprint density at radius 1 is 1.04 bits per heavy atom. The van der Waals surface area contributed by atoms with Crippen molar-refractivity contribution in [2.45, 2.75) is 65.8 Å². The van der Waals surface area contributed by atoms with Crippen molar-refractivity contribution in [2.24, 2.45) is 11.8 Å². The van der Waals surface area contributed by atoms with Gasteiger partial charge in [0.05, 0.1) is 0 Å². The van der Waals surface area contributed by atoms with Crippen molar-refractivity contribution in [1.29, 1.82) is 0 Å². The molecular formula is C17H35NO4Si. The van der Waals surface area contributed by atoms with E-state index in [2.05, 4.69) is 12.2 Å². The van der Waals surface area contributed by atoms with Gasteiger partial charge in [0, 0.05) is 38.3 Å². The van der Waals surface area contributed by atoms with E-state index < -0.39 is 8.80 Å². The van der Waals surface area contributed by atoms with Crippen LogP contribution in [0, 0.1) is 11.8 Å². The average Bonchev–Trinajstić information content (AvgIpc) is 2.52. The van der Waals surface area contributed by atoms with Crippen molar-refractivity contribution in [3.63, 3.8) is 0 Å². The summed E-state index contributed by atoms with van der Waals surface area (Å²) in [6, 6.07) is 0.753. The first-order chi connectivity index (χ1) is 11.1. The Labute approximate surface area is 142 Å². The van der Waals surface area contributed by atoms with E-state index in [0.29, 0.717) is 32.3 Å². The van der Waals surface area contributed by atoms with Gasteiger partial charge in [-0.2, -0.15) is 0 Å². The third-order valence-electron chi connectivity index (χ3n) is 4.50. The van der Waals surface area contributed by atoms with Gasteiger partial charge in [0.1, 0.15) is 0 Å². The van der Waals surface area contributed by atoms with Crippen molar-refractivity contribution in [3.8, 4) is 0 Å². The first-order valence-corrected chi connectivity index (χ1v) is 11.2. The number of hydrogen-bond donors (Lipinski definition) is 1. The van der Waals surface area contributed by atoms with E-state index in [-0.39, 0.29) is 11.8 Å². The predicted molar refractivity (Wildman–Crippen MR) is 94.2 cm³/mol. The molecule has 1 aliphatic rings. The normalized spacial score (nSPS) is 22.1. The van der Waals surface area contributed by atoms with Gasteiger partial charge in [-0.15, -0.1) is 0 Å². The maximum absolute atomic E-state index is 12.3. The summed E-state index contributed by atoms with van der Waals surface area (Å²) in [6.07, 6.45) is 5.47. The lowest BCUT2D eigenvalue weighted by atomic mass is 9.80. The maximum atomic E-state index is 12.3. The number of rotatable bonds is 11. The van der Waals surface area contributed by atoms with Crippen LogP contribution >= 0.6 is 0 Å². The predicted octanol–water partition coefficient (Wildman–Crippen LogP) is 3.37. The van der Waals surface area contributed by atoms with Crippen LogP contribution in [0.4, 0.5) is 0 Å². The Hall–Kier alpha value is -0.433. The summed E-state index contributed by atoms with van der Waals surface area (Å²) in [5.74, 6) is 0.914. The van der Waals surface area contributed by atoms with Gasteiger partial charge in [0.2, 0.25) is 5.91 Å². The number of nitrogens with one attached hydrogen (secondary N) is 1. The standard InChI is InChI=1S/C17H35NO4Si/c1-5-20-23(21-6-2,22-7-3)14-10-13-18-17(19)16-12-9-8-11-15(16)4/h15-16H,5-14H2,1-4H3,(H,18,19). The lowest BCUT2D eigenvalue weighted by molar-refractivity contribution is -0.127. The van der Waals surface area contributed by atoms with E-state index in [1.807, 2.05) is 20.8 Å². The van der Waals surface area contributed by atoms with Crippen LogP contribution in [-0.4, -0.2) is 41.1 Å². The van der Waals surface area contributed by atoms with Gasteiger partial charge in [-0.05, 0) is 46.0 Å². The quantitative estimate of drug-likeness (QED) is 0.461. The molecule has 0 saturated heterocycles. The molecule has 6 heteroatoms. The van der Waals surface area contributed by atoms with Crippen LogP contribution in [0.3, 0.4) is 0 Å². The van der Waals surface area contributed by atoms with Crippen LogP contribution < -0.4 is 5.32 Å². The third kappa shape index (κ3) is 6.91.